The van der Waals surface area contributed by atoms with E-state index in [9.17, 15) is 0 Å². The van der Waals surface area contributed by atoms with Gasteiger partial charge in [-0.05, 0) is 65.6 Å². The fourth-order valence-corrected chi connectivity index (χ4v) is 4.12. The zero-order valence-electron chi connectivity index (χ0n) is 20.5. The van der Waals surface area contributed by atoms with Crippen molar-refractivity contribution in [2.24, 2.45) is 0 Å². The number of aryl methyl sites for hydroxylation is 1. The molecule has 174 valence electrons. The molecule has 0 aliphatic carbocycles. The lowest BCUT2D eigenvalue weighted by Crippen LogP contribution is -2.09. The smallest absolute Gasteiger partial charge is 0.0462 e. The first-order chi connectivity index (χ1) is 17.7. The summed E-state index contributed by atoms with van der Waals surface area (Å²) in [4.78, 5) is 2.30. The van der Waals surface area contributed by atoms with Crippen LogP contribution in [0.4, 0.5) is 17.1 Å². The molecule has 0 aromatic heterocycles. The van der Waals surface area contributed by atoms with Crippen molar-refractivity contribution in [2.75, 3.05) is 4.90 Å². The third kappa shape index (κ3) is 5.89. The van der Waals surface area contributed by atoms with Crippen LogP contribution in [0.3, 0.4) is 0 Å². The van der Waals surface area contributed by atoms with Crippen LogP contribution < -0.4 is 4.90 Å². The molecule has 1 nitrogen and oxygen atoms in total. The largest absolute Gasteiger partial charge is 0.311 e. The summed E-state index contributed by atoms with van der Waals surface area (Å²) in [6.07, 6.45) is 8.61. The molecule has 0 aliphatic rings. The summed E-state index contributed by atoms with van der Waals surface area (Å²) in [6, 6.07) is 46.9. The molecular weight excluding hydrogens is 434 g/mol. The molecule has 0 heterocycles. The van der Waals surface area contributed by atoms with Crippen LogP contribution in [0.25, 0.3) is 24.3 Å². The van der Waals surface area contributed by atoms with Crippen molar-refractivity contribution in [1.29, 1.82) is 0 Å². The highest BCUT2D eigenvalue weighted by Gasteiger charge is 2.12. The second kappa shape index (κ2) is 11.2. The maximum absolute atomic E-state index is 2.30. The summed E-state index contributed by atoms with van der Waals surface area (Å²) < 4.78 is 0. The third-order valence-electron chi connectivity index (χ3n) is 6.13. The van der Waals surface area contributed by atoms with Crippen LogP contribution in [0.1, 0.15) is 27.8 Å². The van der Waals surface area contributed by atoms with Crippen molar-refractivity contribution in [1.82, 2.24) is 0 Å². The molecule has 0 bridgehead atoms. The van der Waals surface area contributed by atoms with Gasteiger partial charge in [0.1, 0.15) is 0 Å². The Labute approximate surface area is 214 Å². The van der Waals surface area contributed by atoms with Gasteiger partial charge in [-0.25, -0.2) is 0 Å². The molecule has 0 atom stereocenters. The predicted octanol–water partition coefficient (Wildman–Crippen LogP) is 9.81. The zero-order chi connectivity index (χ0) is 24.6. The van der Waals surface area contributed by atoms with Crippen molar-refractivity contribution in [2.45, 2.75) is 6.92 Å². The highest BCUT2D eigenvalue weighted by molar-refractivity contribution is 5.79. The standard InChI is InChI=1S/C35H29N/c1-28-12-22-33(23-13-28)36(34-24-18-31(19-25-34)16-14-29-8-4-2-5-9-29)35-26-20-32(21-27-35)17-15-30-10-6-3-7-11-30/h2-27H,1H3. The Hall–Kier alpha value is -4.62. The summed E-state index contributed by atoms with van der Waals surface area (Å²) >= 11 is 0. The first kappa shape index (κ1) is 23.1. The van der Waals surface area contributed by atoms with Gasteiger partial charge < -0.3 is 4.90 Å². The maximum Gasteiger partial charge on any atom is 0.0462 e. The van der Waals surface area contributed by atoms with Crippen LogP contribution in [0.2, 0.25) is 0 Å². The molecule has 36 heavy (non-hydrogen) atoms. The average Bonchev–Trinajstić information content (AvgIpc) is 2.94. The van der Waals surface area contributed by atoms with E-state index in [1.54, 1.807) is 0 Å². The molecule has 0 amide bonds. The normalized spacial score (nSPS) is 11.2. The molecule has 0 fully saturated rings. The van der Waals surface area contributed by atoms with E-state index in [1.807, 2.05) is 12.1 Å². The highest BCUT2D eigenvalue weighted by atomic mass is 15.1. The van der Waals surface area contributed by atoms with Gasteiger partial charge in [0.05, 0.1) is 0 Å². The quantitative estimate of drug-likeness (QED) is 0.217. The van der Waals surface area contributed by atoms with E-state index < -0.39 is 0 Å². The van der Waals surface area contributed by atoms with Crippen molar-refractivity contribution >= 4 is 41.4 Å². The van der Waals surface area contributed by atoms with Gasteiger partial charge in [-0.15, -0.1) is 0 Å². The zero-order valence-corrected chi connectivity index (χ0v) is 20.5. The van der Waals surface area contributed by atoms with E-state index in [2.05, 4.69) is 157 Å². The van der Waals surface area contributed by atoms with Gasteiger partial charge in [0, 0.05) is 17.1 Å². The van der Waals surface area contributed by atoms with Gasteiger partial charge in [0.25, 0.3) is 0 Å². The fraction of sp³-hybridized carbons (Fsp3) is 0.0286. The molecular formula is C35H29N. The SMILES string of the molecule is Cc1ccc(N(c2ccc(C=Cc3ccccc3)cc2)c2ccc(C=Cc3ccccc3)cc2)cc1. The van der Waals surface area contributed by atoms with Gasteiger partial charge in [-0.3, -0.25) is 0 Å². The molecule has 0 saturated heterocycles. The highest BCUT2D eigenvalue weighted by Crippen LogP contribution is 2.35. The second-order valence-electron chi connectivity index (χ2n) is 8.84. The molecule has 1 heteroatoms. The van der Waals surface area contributed by atoms with E-state index >= 15 is 0 Å². The van der Waals surface area contributed by atoms with Gasteiger partial charge in [-0.2, -0.15) is 0 Å². The molecule has 5 aromatic carbocycles. The molecule has 5 rings (SSSR count). The lowest BCUT2D eigenvalue weighted by molar-refractivity contribution is 1.27. The number of hydrogen-bond acceptors (Lipinski definition) is 1. The predicted molar refractivity (Wildman–Crippen MR) is 157 cm³/mol. The molecule has 0 radical (unpaired) electrons. The van der Waals surface area contributed by atoms with Crippen LogP contribution in [0.5, 0.6) is 0 Å². The summed E-state index contributed by atoms with van der Waals surface area (Å²) in [6.45, 7) is 2.12. The van der Waals surface area contributed by atoms with E-state index in [1.165, 1.54) is 27.8 Å². The summed E-state index contributed by atoms with van der Waals surface area (Å²) in [5.41, 5.74) is 9.39. The summed E-state index contributed by atoms with van der Waals surface area (Å²) in [5, 5.41) is 0. The topological polar surface area (TPSA) is 3.24 Å². The second-order valence-corrected chi connectivity index (χ2v) is 8.84. The average molecular weight is 464 g/mol. The summed E-state index contributed by atoms with van der Waals surface area (Å²) in [5.74, 6) is 0. The molecule has 0 unspecified atom stereocenters. The number of benzene rings is 5. The Balaban J connectivity index is 1.42. The Morgan fingerprint density at radius 1 is 0.361 bits per heavy atom. The van der Waals surface area contributed by atoms with Crippen molar-refractivity contribution in [3.63, 3.8) is 0 Å². The van der Waals surface area contributed by atoms with E-state index in [0.717, 1.165) is 17.1 Å². The minimum atomic E-state index is 1.13. The number of hydrogen-bond donors (Lipinski definition) is 0. The van der Waals surface area contributed by atoms with Gasteiger partial charge in [0.15, 0.2) is 0 Å². The lowest BCUT2D eigenvalue weighted by atomic mass is 10.1. The van der Waals surface area contributed by atoms with Crippen LogP contribution in [-0.4, -0.2) is 0 Å². The van der Waals surface area contributed by atoms with Crippen molar-refractivity contribution in [3.8, 4) is 0 Å². The molecule has 0 N–H and O–H groups in total. The molecule has 5 aromatic rings. The maximum atomic E-state index is 2.30. The Morgan fingerprint density at radius 2 is 0.667 bits per heavy atom. The van der Waals surface area contributed by atoms with Crippen LogP contribution >= 0.6 is 0 Å². The third-order valence-corrected chi connectivity index (χ3v) is 6.13. The van der Waals surface area contributed by atoms with Crippen molar-refractivity contribution in [3.05, 3.63) is 161 Å². The fourth-order valence-electron chi connectivity index (χ4n) is 4.12. The molecule has 0 saturated carbocycles. The van der Waals surface area contributed by atoms with Crippen LogP contribution in [0.15, 0.2) is 133 Å². The Morgan fingerprint density at radius 3 is 1.03 bits per heavy atom. The van der Waals surface area contributed by atoms with Crippen molar-refractivity contribution < 1.29 is 0 Å². The Bertz CT molecular complexity index is 1340. The van der Waals surface area contributed by atoms with E-state index in [-0.39, 0.29) is 0 Å². The number of nitrogens with zero attached hydrogens (tertiary/aromatic N) is 1. The van der Waals surface area contributed by atoms with E-state index in [4.69, 9.17) is 0 Å². The van der Waals surface area contributed by atoms with Gasteiger partial charge >= 0.3 is 0 Å². The van der Waals surface area contributed by atoms with Crippen LogP contribution in [-0.2, 0) is 0 Å². The first-order valence-corrected chi connectivity index (χ1v) is 12.3. The lowest BCUT2D eigenvalue weighted by Gasteiger charge is -2.26. The van der Waals surface area contributed by atoms with Crippen LogP contribution in [0, 0.1) is 6.92 Å². The first-order valence-electron chi connectivity index (χ1n) is 12.3. The number of anilines is 3. The summed E-state index contributed by atoms with van der Waals surface area (Å²) in [7, 11) is 0. The van der Waals surface area contributed by atoms with Gasteiger partial charge in [-0.1, -0.05) is 127 Å². The Kier molecular flexibility index (Phi) is 7.20. The van der Waals surface area contributed by atoms with E-state index in [0.29, 0.717) is 0 Å². The number of rotatable bonds is 7. The van der Waals surface area contributed by atoms with Gasteiger partial charge in [0.2, 0.25) is 0 Å². The minimum Gasteiger partial charge on any atom is -0.311 e. The molecule has 0 spiro atoms. The monoisotopic (exact) mass is 463 g/mol. The molecule has 0 aliphatic heterocycles. The minimum absolute atomic E-state index is 1.13.